The molecular formula is C14H17N3O2. The van der Waals surface area contributed by atoms with Gasteiger partial charge in [-0.05, 0) is 43.5 Å². The summed E-state index contributed by atoms with van der Waals surface area (Å²) in [5, 5.41) is 3.22. The van der Waals surface area contributed by atoms with E-state index in [1.165, 1.54) is 0 Å². The Hall–Kier alpha value is -1.88. The standard InChI is InChI=1S/C14H17N3O2/c15-13(18)10-4-3-9-5-7-17(12(9)8-10)14(19)11-2-1-6-16-11/h3-4,8,11,16H,1-2,5-7H2,(H2,15,18)/t11-/m0/s1. The third-order valence-corrected chi connectivity index (χ3v) is 3.89. The Bertz CT molecular complexity index is 535. The Balaban J connectivity index is 1.89. The number of nitrogens with one attached hydrogen (secondary N) is 1. The SMILES string of the molecule is NC(=O)c1ccc2c(c1)N(C(=O)[C@@H]1CCCN1)CC2. The third kappa shape index (κ3) is 2.10. The predicted molar refractivity (Wildman–Crippen MR) is 72.0 cm³/mol. The van der Waals surface area contributed by atoms with Crippen LogP contribution >= 0.6 is 0 Å². The summed E-state index contributed by atoms with van der Waals surface area (Å²) >= 11 is 0. The summed E-state index contributed by atoms with van der Waals surface area (Å²) in [6.07, 6.45) is 2.77. The van der Waals surface area contributed by atoms with E-state index in [9.17, 15) is 9.59 Å². The van der Waals surface area contributed by atoms with Gasteiger partial charge < -0.3 is 16.0 Å². The van der Waals surface area contributed by atoms with E-state index in [0.717, 1.165) is 37.1 Å². The van der Waals surface area contributed by atoms with Crippen LogP contribution in [0.5, 0.6) is 0 Å². The number of hydrogen-bond acceptors (Lipinski definition) is 3. The van der Waals surface area contributed by atoms with Gasteiger partial charge in [0.1, 0.15) is 0 Å². The van der Waals surface area contributed by atoms with Crippen molar-refractivity contribution in [2.24, 2.45) is 5.73 Å². The lowest BCUT2D eigenvalue weighted by Crippen LogP contribution is -2.43. The van der Waals surface area contributed by atoms with Gasteiger partial charge in [-0.25, -0.2) is 0 Å². The molecule has 1 atom stereocenters. The van der Waals surface area contributed by atoms with Gasteiger partial charge >= 0.3 is 0 Å². The zero-order valence-electron chi connectivity index (χ0n) is 10.7. The maximum absolute atomic E-state index is 12.4. The summed E-state index contributed by atoms with van der Waals surface area (Å²) < 4.78 is 0. The molecule has 0 spiro atoms. The molecule has 2 heterocycles. The molecule has 1 saturated heterocycles. The average molecular weight is 259 g/mol. The Morgan fingerprint density at radius 1 is 1.37 bits per heavy atom. The molecule has 0 saturated carbocycles. The second-order valence-electron chi connectivity index (χ2n) is 5.10. The van der Waals surface area contributed by atoms with E-state index in [4.69, 9.17) is 5.73 Å². The summed E-state index contributed by atoms with van der Waals surface area (Å²) in [5.41, 5.74) is 7.70. The highest BCUT2D eigenvalue weighted by molar-refractivity contribution is 6.01. The summed E-state index contributed by atoms with van der Waals surface area (Å²) in [4.78, 5) is 25.5. The number of carbonyl (C=O) groups excluding carboxylic acids is 2. The van der Waals surface area contributed by atoms with Crippen molar-refractivity contribution in [1.82, 2.24) is 5.32 Å². The lowest BCUT2D eigenvalue weighted by Gasteiger charge is -2.21. The second kappa shape index (κ2) is 4.66. The highest BCUT2D eigenvalue weighted by Crippen LogP contribution is 2.30. The van der Waals surface area contributed by atoms with Crippen molar-refractivity contribution in [1.29, 1.82) is 0 Å². The molecule has 19 heavy (non-hydrogen) atoms. The number of nitrogens with zero attached hydrogens (tertiary/aromatic N) is 1. The minimum atomic E-state index is -0.457. The molecule has 1 aromatic rings. The number of anilines is 1. The van der Waals surface area contributed by atoms with E-state index in [1.807, 2.05) is 6.07 Å². The first kappa shape index (κ1) is 12.2. The second-order valence-corrected chi connectivity index (χ2v) is 5.10. The molecule has 0 radical (unpaired) electrons. The predicted octanol–water partition coefficient (Wildman–Crippen LogP) is 0.427. The van der Waals surface area contributed by atoms with Crippen molar-refractivity contribution in [2.45, 2.75) is 25.3 Å². The number of rotatable bonds is 2. The largest absolute Gasteiger partial charge is 0.366 e. The van der Waals surface area contributed by atoms with Crippen LogP contribution in [0.25, 0.3) is 0 Å². The zero-order chi connectivity index (χ0) is 13.4. The Morgan fingerprint density at radius 2 is 2.21 bits per heavy atom. The van der Waals surface area contributed by atoms with E-state index in [1.54, 1.807) is 17.0 Å². The maximum Gasteiger partial charge on any atom is 0.248 e. The number of benzene rings is 1. The Kier molecular flexibility index (Phi) is 2.98. The molecule has 2 aliphatic rings. The number of nitrogens with two attached hydrogens (primary N) is 1. The van der Waals surface area contributed by atoms with Gasteiger partial charge in [0.25, 0.3) is 0 Å². The quantitative estimate of drug-likeness (QED) is 0.808. The Morgan fingerprint density at radius 3 is 2.89 bits per heavy atom. The number of fused-ring (bicyclic) bond motifs is 1. The van der Waals surface area contributed by atoms with Crippen molar-refractivity contribution in [3.05, 3.63) is 29.3 Å². The topological polar surface area (TPSA) is 75.4 Å². The molecule has 2 aliphatic heterocycles. The molecule has 3 rings (SSSR count). The molecule has 5 nitrogen and oxygen atoms in total. The lowest BCUT2D eigenvalue weighted by molar-refractivity contribution is -0.120. The molecule has 0 bridgehead atoms. The fourth-order valence-corrected chi connectivity index (χ4v) is 2.84. The van der Waals surface area contributed by atoms with Crippen molar-refractivity contribution >= 4 is 17.5 Å². The summed E-state index contributed by atoms with van der Waals surface area (Å²) in [5.74, 6) is -0.348. The molecule has 2 amide bonds. The highest BCUT2D eigenvalue weighted by Gasteiger charge is 2.31. The van der Waals surface area contributed by atoms with Crippen molar-refractivity contribution in [3.8, 4) is 0 Å². The molecule has 0 aromatic heterocycles. The van der Waals surface area contributed by atoms with E-state index >= 15 is 0 Å². The van der Waals surface area contributed by atoms with Crippen LogP contribution in [0.15, 0.2) is 18.2 Å². The molecular weight excluding hydrogens is 242 g/mol. The molecule has 0 aliphatic carbocycles. The number of hydrogen-bond donors (Lipinski definition) is 2. The fourth-order valence-electron chi connectivity index (χ4n) is 2.84. The van der Waals surface area contributed by atoms with Gasteiger partial charge in [-0.2, -0.15) is 0 Å². The molecule has 5 heteroatoms. The first-order chi connectivity index (χ1) is 9.16. The van der Waals surface area contributed by atoms with E-state index < -0.39 is 5.91 Å². The van der Waals surface area contributed by atoms with Gasteiger partial charge in [0.2, 0.25) is 11.8 Å². The van der Waals surface area contributed by atoms with Gasteiger partial charge in [0.15, 0.2) is 0 Å². The van der Waals surface area contributed by atoms with Crippen LogP contribution in [0.4, 0.5) is 5.69 Å². The molecule has 1 aromatic carbocycles. The molecule has 0 unspecified atom stereocenters. The van der Waals surface area contributed by atoms with Crippen LogP contribution in [-0.4, -0.2) is 30.9 Å². The third-order valence-electron chi connectivity index (χ3n) is 3.89. The van der Waals surface area contributed by atoms with Gasteiger partial charge in [-0.15, -0.1) is 0 Å². The summed E-state index contributed by atoms with van der Waals surface area (Å²) in [6.45, 7) is 1.59. The zero-order valence-corrected chi connectivity index (χ0v) is 10.7. The fraction of sp³-hybridized carbons (Fsp3) is 0.429. The van der Waals surface area contributed by atoms with E-state index in [0.29, 0.717) is 12.1 Å². The van der Waals surface area contributed by atoms with E-state index in [2.05, 4.69) is 5.32 Å². The lowest BCUT2D eigenvalue weighted by atomic mass is 10.1. The normalized spacial score (nSPS) is 21.5. The molecule has 100 valence electrons. The first-order valence-electron chi connectivity index (χ1n) is 6.64. The summed E-state index contributed by atoms with van der Waals surface area (Å²) in [7, 11) is 0. The van der Waals surface area contributed by atoms with Crippen LogP contribution in [-0.2, 0) is 11.2 Å². The van der Waals surface area contributed by atoms with Crippen LogP contribution in [0.3, 0.4) is 0 Å². The van der Waals surface area contributed by atoms with Gasteiger partial charge in [-0.1, -0.05) is 6.07 Å². The van der Waals surface area contributed by atoms with Gasteiger partial charge in [0, 0.05) is 17.8 Å². The number of primary amides is 1. The van der Waals surface area contributed by atoms with Crippen molar-refractivity contribution in [3.63, 3.8) is 0 Å². The van der Waals surface area contributed by atoms with Crippen molar-refractivity contribution in [2.75, 3.05) is 18.0 Å². The monoisotopic (exact) mass is 259 g/mol. The van der Waals surface area contributed by atoms with Gasteiger partial charge in [0.05, 0.1) is 6.04 Å². The van der Waals surface area contributed by atoms with Crippen LogP contribution < -0.4 is 16.0 Å². The smallest absolute Gasteiger partial charge is 0.248 e. The van der Waals surface area contributed by atoms with Crippen LogP contribution in [0.1, 0.15) is 28.8 Å². The van der Waals surface area contributed by atoms with E-state index in [-0.39, 0.29) is 11.9 Å². The summed E-state index contributed by atoms with van der Waals surface area (Å²) in [6, 6.07) is 5.27. The number of carbonyl (C=O) groups is 2. The Labute approximate surface area is 111 Å². The molecule has 3 N–H and O–H groups in total. The average Bonchev–Trinajstić information content (AvgIpc) is 3.06. The van der Waals surface area contributed by atoms with Gasteiger partial charge in [-0.3, -0.25) is 9.59 Å². The molecule has 1 fully saturated rings. The van der Waals surface area contributed by atoms with Crippen LogP contribution in [0, 0.1) is 0 Å². The highest BCUT2D eigenvalue weighted by atomic mass is 16.2. The first-order valence-corrected chi connectivity index (χ1v) is 6.64. The minimum absolute atomic E-state index is 0.0804. The maximum atomic E-state index is 12.4. The number of amides is 2. The van der Waals surface area contributed by atoms with Crippen molar-refractivity contribution < 1.29 is 9.59 Å². The van der Waals surface area contributed by atoms with Crippen LogP contribution in [0.2, 0.25) is 0 Å². The minimum Gasteiger partial charge on any atom is -0.366 e.